The molecule has 0 atom stereocenters. The minimum atomic E-state index is 0.312. The number of carbonyl (C=O) groups is 1. The van der Waals surface area contributed by atoms with Crippen LogP contribution in [0.25, 0.3) is 0 Å². The topological polar surface area (TPSA) is 35.6 Å². The van der Waals surface area contributed by atoms with Crippen molar-refractivity contribution in [3.8, 4) is 0 Å². The molecule has 1 N–H and O–H groups in total. The van der Waals surface area contributed by atoms with Crippen molar-refractivity contribution in [1.82, 2.24) is 10.2 Å². The highest BCUT2D eigenvalue weighted by molar-refractivity contribution is 5.76. The number of hydrogen-bond donors (Lipinski definition) is 1. The molecule has 1 saturated heterocycles. The summed E-state index contributed by atoms with van der Waals surface area (Å²) in [6.45, 7) is 8.76. The molecule has 0 bridgehead atoms. The van der Waals surface area contributed by atoms with Gasteiger partial charge in [-0.05, 0) is 43.9 Å². The highest BCUT2D eigenvalue weighted by Crippen LogP contribution is 2.24. The second-order valence-corrected chi connectivity index (χ2v) is 7.98. The summed E-state index contributed by atoms with van der Waals surface area (Å²) < 4.78 is 0. The predicted octanol–water partition coefficient (Wildman–Crippen LogP) is 3.65. The highest BCUT2D eigenvalue weighted by Gasteiger charge is 2.22. The van der Waals surface area contributed by atoms with Crippen LogP contribution in [0.2, 0.25) is 0 Å². The molecule has 2 aliphatic rings. The number of rotatable bonds is 5. The maximum Gasteiger partial charge on any atom is 0.223 e. The fourth-order valence-corrected chi connectivity index (χ4v) is 4.30. The third-order valence-corrected chi connectivity index (χ3v) is 6.18. The summed E-state index contributed by atoms with van der Waals surface area (Å²) in [6.07, 6.45) is 8.63. The number of amides is 1. The smallest absolute Gasteiger partial charge is 0.223 e. The van der Waals surface area contributed by atoms with Crippen molar-refractivity contribution in [2.24, 2.45) is 0 Å². The molecule has 0 aromatic heterocycles. The van der Waals surface area contributed by atoms with E-state index in [-0.39, 0.29) is 0 Å². The lowest BCUT2D eigenvalue weighted by atomic mass is 10.1. The van der Waals surface area contributed by atoms with E-state index >= 15 is 0 Å². The van der Waals surface area contributed by atoms with Gasteiger partial charge in [-0.25, -0.2) is 0 Å². The predicted molar refractivity (Wildman–Crippen MR) is 109 cm³/mol. The van der Waals surface area contributed by atoms with Crippen molar-refractivity contribution >= 4 is 11.6 Å². The van der Waals surface area contributed by atoms with E-state index in [4.69, 9.17) is 0 Å². The molecule has 4 nitrogen and oxygen atoms in total. The van der Waals surface area contributed by atoms with Gasteiger partial charge in [0.1, 0.15) is 0 Å². The summed E-state index contributed by atoms with van der Waals surface area (Å²) in [7, 11) is 0. The summed E-state index contributed by atoms with van der Waals surface area (Å²) in [5.41, 5.74) is 4.03. The van der Waals surface area contributed by atoms with E-state index in [0.717, 1.165) is 32.7 Å². The first-order chi connectivity index (χ1) is 12.6. The van der Waals surface area contributed by atoms with Crippen LogP contribution in [-0.2, 0) is 4.79 Å². The van der Waals surface area contributed by atoms with Crippen LogP contribution in [0.15, 0.2) is 18.2 Å². The zero-order chi connectivity index (χ0) is 18.4. The molecule has 1 aromatic rings. The minimum Gasteiger partial charge on any atom is -0.368 e. The third-order valence-electron chi connectivity index (χ3n) is 6.18. The highest BCUT2D eigenvalue weighted by atomic mass is 16.2. The lowest BCUT2D eigenvalue weighted by Crippen LogP contribution is -2.49. The summed E-state index contributed by atoms with van der Waals surface area (Å²) in [4.78, 5) is 17.0. The van der Waals surface area contributed by atoms with Gasteiger partial charge in [0.25, 0.3) is 0 Å². The van der Waals surface area contributed by atoms with Gasteiger partial charge in [0.15, 0.2) is 0 Å². The van der Waals surface area contributed by atoms with Gasteiger partial charge in [-0.3, -0.25) is 4.79 Å². The van der Waals surface area contributed by atoms with Gasteiger partial charge in [0, 0.05) is 50.9 Å². The van der Waals surface area contributed by atoms with Gasteiger partial charge < -0.3 is 15.1 Å². The molecule has 144 valence electrons. The van der Waals surface area contributed by atoms with Gasteiger partial charge in [0.05, 0.1) is 0 Å². The number of aryl methyl sites for hydroxylation is 1. The number of carbonyl (C=O) groups excluding carboxylic acids is 1. The molecule has 1 aliphatic heterocycles. The average Bonchev–Trinajstić information content (AvgIpc) is 2.93. The zero-order valence-electron chi connectivity index (χ0n) is 16.6. The molecule has 2 fully saturated rings. The maximum atomic E-state index is 12.5. The van der Waals surface area contributed by atoms with Crippen molar-refractivity contribution in [3.63, 3.8) is 0 Å². The first-order valence-corrected chi connectivity index (χ1v) is 10.5. The number of anilines is 1. The van der Waals surface area contributed by atoms with Gasteiger partial charge in [-0.2, -0.15) is 0 Å². The van der Waals surface area contributed by atoms with Crippen LogP contribution in [0.1, 0.15) is 56.1 Å². The van der Waals surface area contributed by atoms with Gasteiger partial charge in [-0.1, -0.05) is 37.8 Å². The van der Waals surface area contributed by atoms with E-state index < -0.39 is 0 Å². The zero-order valence-corrected chi connectivity index (χ0v) is 16.6. The summed E-state index contributed by atoms with van der Waals surface area (Å²) in [5, 5.41) is 3.62. The third kappa shape index (κ3) is 5.00. The SMILES string of the molecule is Cc1cccc(N2CCN(C(=O)CCNC3CCCCCC3)CC2)c1C. The molecule has 1 heterocycles. The Morgan fingerprint density at radius 3 is 2.42 bits per heavy atom. The molecule has 0 radical (unpaired) electrons. The van der Waals surface area contributed by atoms with Gasteiger partial charge >= 0.3 is 0 Å². The lowest BCUT2D eigenvalue weighted by molar-refractivity contribution is -0.131. The lowest BCUT2D eigenvalue weighted by Gasteiger charge is -2.37. The Kier molecular flexibility index (Phi) is 6.95. The van der Waals surface area contributed by atoms with Crippen LogP contribution >= 0.6 is 0 Å². The Morgan fingerprint density at radius 2 is 1.73 bits per heavy atom. The van der Waals surface area contributed by atoms with E-state index in [1.807, 2.05) is 0 Å². The molecule has 3 rings (SSSR count). The van der Waals surface area contributed by atoms with Crippen molar-refractivity contribution in [2.45, 2.75) is 64.8 Å². The Bertz CT molecular complexity index is 585. The van der Waals surface area contributed by atoms with Gasteiger partial charge in [0.2, 0.25) is 5.91 Å². The normalized spacial score (nSPS) is 19.5. The Balaban J connectivity index is 1.41. The second kappa shape index (κ2) is 9.40. The van der Waals surface area contributed by atoms with E-state index in [9.17, 15) is 4.79 Å². The molecule has 26 heavy (non-hydrogen) atoms. The first-order valence-electron chi connectivity index (χ1n) is 10.5. The van der Waals surface area contributed by atoms with Gasteiger partial charge in [-0.15, -0.1) is 0 Å². The minimum absolute atomic E-state index is 0.312. The molecule has 0 unspecified atom stereocenters. The van der Waals surface area contributed by atoms with Crippen LogP contribution in [0.3, 0.4) is 0 Å². The molecule has 1 aliphatic carbocycles. The summed E-state index contributed by atoms with van der Waals surface area (Å²) >= 11 is 0. The summed E-state index contributed by atoms with van der Waals surface area (Å²) in [6, 6.07) is 7.14. The average molecular weight is 358 g/mol. The van der Waals surface area contributed by atoms with Crippen LogP contribution in [-0.4, -0.2) is 49.6 Å². The van der Waals surface area contributed by atoms with Crippen LogP contribution in [0, 0.1) is 13.8 Å². The molecule has 1 amide bonds. The molecular weight excluding hydrogens is 322 g/mol. The maximum absolute atomic E-state index is 12.5. The second-order valence-electron chi connectivity index (χ2n) is 7.98. The van der Waals surface area contributed by atoms with E-state index in [1.54, 1.807) is 0 Å². The van der Waals surface area contributed by atoms with Crippen molar-refractivity contribution in [2.75, 3.05) is 37.6 Å². The number of benzene rings is 1. The largest absolute Gasteiger partial charge is 0.368 e. The number of nitrogens with one attached hydrogen (secondary N) is 1. The fourth-order valence-electron chi connectivity index (χ4n) is 4.30. The molecule has 1 saturated carbocycles. The summed E-state index contributed by atoms with van der Waals surface area (Å²) in [5.74, 6) is 0.312. The number of hydrogen-bond acceptors (Lipinski definition) is 3. The van der Waals surface area contributed by atoms with Crippen LogP contribution < -0.4 is 10.2 Å². The molecular formula is C22H35N3O. The Hall–Kier alpha value is -1.55. The number of piperazine rings is 1. The Labute approximate surface area is 158 Å². The van der Waals surface area contributed by atoms with E-state index in [2.05, 4.69) is 47.2 Å². The Morgan fingerprint density at radius 1 is 1.04 bits per heavy atom. The fraction of sp³-hybridized carbons (Fsp3) is 0.682. The van der Waals surface area contributed by atoms with Crippen LogP contribution in [0.4, 0.5) is 5.69 Å². The quantitative estimate of drug-likeness (QED) is 0.817. The molecule has 4 heteroatoms. The number of nitrogens with zero attached hydrogens (tertiary/aromatic N) is 2. The monoisotopic (exact) mass is 357 g/mol. The molecule has 0 spiro atoms. The van der Waals surface area contributed by atoms with Crippen molar-refractivity contribution in [3.05, 3.63) is 29.3 Å². The first kappa shape index (κ1) is 19.2. The molecule has 1 aromatic carbocycles. The van der Waals surface area contributed by atoms with Crippen molar-refractivity contribution < 1.29 is 4.79 Å². The van der Waals surface area contributed by atoms with Crippen molar-refractivity contribution in [1.29, 1.82) is 0 Å². The van der Waals surface area contributed by atoms with Crippen LogP contribution in [0.5, 0.6) is 0 Å². The van der Waals surface area contributed by atoms with E-state index in [0.29, 0.717) is 18.4 Å². The van der Waals surface area contributed by atoms with E-state index in [1.165, 1.54) is 55.3 Å². The standard InChI is InChI=1S/C22H35N3O/c1-18-8-7-11-21(19(18)2)24-14-16-25(17-15-24)22(26)12-13-23-20-9-5-3-4-6-10-20/h7-8,11,20,23H,3-6,9-10,12-17H2,1-2H3.